The van der Waals surface area contributed by atoms with E-state index in [4.69, 9.17) is 4.52 Å². The molecule has 0 spiro atoms. The minimum absolute atomic E-state index is 0.0861. The second-order valence-electron chi connectivity index (χ2n) is 6.96. The highest BCUT2D eigenvalue weighted by molar-refractivity contribution is 7.92. The van der Waals surface area contributed by atoms with Gasteiger partial charge in [-0.1, -0.05) is 22.9 Å². The smallest absolute Gasteiger partial charge is 0.261 e. The third-order valence-corrected chi connectivity index (χ3v) is 6.04. The molecule has 0 atom stereocenters. The molecule has 2 aromatic carbocycles. The van der Waals surface area contributed by atoms with E-state index in [9.17, 15) is 13.2 Å². The molecular formula is C21H23N3O4S. The number of benzene rings is 2. The first-order chi connectivity index (χ1) is 13.7. The van der Waals surface area contributed by atoms with Crippen LogP contribution in [-0.4, -0.2) is 31.4 Å². The number of nitrogens with one attached hydrogen (secondary N) is 1. The summed E-state index contributed by atoms with van der Waals surface area (Å²) in [7, 11) is -2.06. The van der Waals surface area contributed by atoms with Gasteiger partial charge < -0.3 is 9.42 Å². The summed E-state index contributed by atoms with van der Waals surface area (Å²) in [6.45, 7) is 5.91. The lowest BCUT2D eigenvalue weighted by Gasteiger charge is -2.17. The molecule has 8 heteroatoms. The van der Waals surface area contributed by atoms with Gasteiger partial charge in [0.25, 0.3) is 15.9 Å². The standard InChI is InChI=1S/C21H23N3O4S/c1-14-5-9-18(10-6-14)23-29(26,27)19-11-7-17(8-12-19)21(25)24(4)13-20-15(2)22-28-16(20)3/h5-12,23H,13H2,1-4H3. The Bertz CT molecular complexity index is 1100. The predicted molar refractivity (Wildman–Crippen MR) is 110 cm³/mol. The first kappa shape index (κ1) is 20.6. The quantitative estimate of drug-likeness (QED) is 0.666. The van der Waals surface area contributed by atoms with Crippen LogP contribution >= 0.6 is 0 Å². The Morgan fingerprint density at radius 1 is 1.03 bits per heavy atom. The fourth-order valence-electron chi connectivity index (χ4n) is 2.87. The molecule has 0 saturated heterocycles. The summed E-state index contributed by atoms with van der Waals surface area (Å²) >= 11 is 0. The summed E-state index contributed by atoms with van der Waals surface area (Å²) in [6, 6.07) is 12.9. The summed E-state index contributed by atoms with van der Waals surface area (Å²) < 4.78 is 32.8. The van der Waals surface area contributed by atoms with Gasteiger partial charge in [0.15, 0.2) is 0 Å². The highest BCUT2D eigenvalue weighted by Crippen LogP contribution is 2.19. The predicted octanol–water partition coefficient (Wildman–Crippen LogP) is 3.67. The molecule has 0 aliphatic carbocycles. The molecule has 3 rings (SSSR count). The van der Waals surface area contributed by atoms with E-state index in [1.807, 2.05) is 26.0 Å². The number of nitrogens with zero attached hydrogens (tertiary/aromatic N) is 2. The largest absolute Gasteiger partial charge is 0.361 e. The monoisotopic (exact) mass is 413 g/mol. The van der Waals surface area contributed by atoms with Gasteiger partial charge in [0.2, 0.25) is 0 Å². The summed E-state index contributed by atoms with van der Waals surface area (Å²) in [5.41, 5.74) is 3.52. The van der Waals surface area contributed by atoms with Crippen LogP contribution < -0.4 is 4.72 Å². The van der Waals surface area contributed by atoms with Crippen LogP contribution in [0.15, 0.2) is 57.9 Å². The number of carbonyl (C=O) groups excluding carboxylic acids is 1. The maximum Gasteiger partial charge on any atom is 0.261 e. The van der Waals surface area contributed by atoms with Crippen molar-refractivity contribution in [3.8, 4) is 0 Å². The van der Waals surface area contributed by atoms with Gasteiger partial charge >= 0.3 is 0 Å². The normalized spacial score (nSPS) is 11.3. The molecule has 1 heterocycles. The number of sulfonamides is 1. The molecule has 7 nitrogen and oxygen atoms in total. The van der Waals surface area contributed by atoms with Crippen molar-refractivity contribution in [3.05, 3.63) is 76.7 Å². The molecule has 152 valence electrons. The number of hydrogen-bond donors (Lipinski definition) is 1. The van der Waals surface area contributed by atoms with Crippen molar-refractivity contribution in [2.24, 2.45) is 0 Å². The van der Waals surface area contributed by atoms with Gasteiger partial charge in [-0.2, -0.15) is 0 Å². The summed E-state index contributed by atoms with van der Waals surface area (Å²) in [4.78, 5) is 14.3. The number of rotatable bonds is 6. The molecule has 3 aromatic rings. The van der Waals surface area contributed by atoms with Crippen molar-refractivity contribution in [2.45, 2.75) is 32.2 Å². The zero-order valence-corrected chi connectivity index (χ0v) is 17.6. The molecule has 0 fully saturated rings. The molecular weight excluding hydrogens is 390 g/mol. The average Bonchev–Trinajstić information content (AvgIpc) is 3.01. The second kappa shape index (κ2) is 8.08. The van der Waals surface area contributed by atoms with E-state index < -0.39 is 10.0 Å². The summed E-state index contributed by atoms with van der Waals surface area (Å²) in [5, 5.41) is 3.89. The Kier molecular flexibility index (Phi) is 5.74. The number of aryl methyl sites for hydroxylation is 3. The van der Waals surface area contributed by atoms with Crippen LogP contribution in [0.25, 0.3) is 0 Å². The molecule has 0 saturated carbocycles. The Morgan fingerprint density at radius 2 is 1.66 bits per heavy atom. The summed E-state index contributed by atoms with van der Waals surface area (Å²) in [6.07, 6.45) is 0. The molecule has 0 radical (unpaired) electrons. The molecule has 0 aliphatic heterocycles. The van der Waals surface area contributed by atoms with E-state index in [1.54, 1.807) is 31.0 Å². The zero-order valence-electron chi connectivity index (χ0n) is 16.8. The molecule has 0 unspecified atom stereocenters. The van der Waals surface area contributed by atoms with Gasteiger partial charge in [0, 0.05) is 23.9 Å². The third kappa shape index (κ3) is 4.65. The fraction of sp³-hybridized carbons (Fsp3) is 0.238. The first-order valence-electron chi connectivity index (χ1n) is 9.04. The Balaban J connectivity index is 1.73. The van der Waals surface area contributed by atoms with Crippen molar-refractivity contribution < 1.29 is 17.7 Å². The van der Waals surface area contributed by atoms with E-state index in [2.05, 4.69) is 9.88 Å². The molecule has 1 amide bonds. The third-order valence-electron chi connectivity index (χ3n) is 4.64. The van der Waals surface area contributed by atoms with Gasteiger partial charge in [0.1, 0.15) is 5.76 Å². The van der Waals surface area contributed by atoms with E-state index in [0.717, 1.165) is 16.8 Å². The number of anilines is 1. The van der Waals surface area contributed by atoms with Crippen LogP contribution in [0.1, 0.15) is 32.9 Å². The first-order valence-corrected chi connectivity index (χ1v) is 10.5. The van der Waals surface area contributed by atoms with Crippen LogP contribution in [0.3, 0.4) is 0 Å². The SMILES string of the molecule is Cc1ccc(NS(=O)(=O)c2ccc(C(=O)N(C)Cc3c(C)noc3C)cc2)cc1. The lowest BCUT2D eigenvalue weighted by atomic mass is 10.1. The van der Waals surface area contributed by atoms with Gasteiger partial charge in [-0.3, -0.25) is 9.52 Å². The van der Waals surface area contributed by atoms with Crippen molar-refractivity contribution in [2.75, 3.05) is 11.8 Å². The van der Waals surface area contributed by atoms with Gasteiger partial charge in [-0.25, -0.2) is 8.42 Å². The van der Waals surface area contributed by atoms with Crippen LogP contribution in [0, 0.1) is 20.8 Å². The van der Waals surface area contributed by atoms with E-state index in [1.165, 1.54) is 24.3 Å². The number of hydrogen-bond acceptors (Lipinski definition) is 5. The Labute approximate surface area is 170 Å². The van der Waals surface area contributed by atoms with Crippen molar-refractivity contribution in [3.63, 3.8) is 0 Å². The Morgan fingerprint density at radius 3 is 2.21 bits per heavy atom. The maximum absolute atomic E-state index is 12.7. The van der Waals surface area contributed by atoms with E-state index in [-0.39, 0.29) is 10.8 Å². The van der Waals surface area contributed by atoms with Crippen molar-refractivity contribution in [1.82, 2.24) is 10.1 Å². The van der Waals surface area contributed by atoms with E-state index >= 15 is 0 Å². The van der Waals surface area contributed by atoms with Crippen LogP contribution in [0.5, 0.6) is 0 Å². The van der Waals surface area contributed by atoms with Crippen LogP contribution in [0.2, 0.25) is 0 Å². The molecule has 0 aliphatic rings. The topological polar surface area (TPSA) is 92.5 Å². The number of aromatic nitrogens is 1. The minimum Gasteiger partial charge on any atom is -0.361 e. The van der Waals surface area contributed by atoms with Crippen LogP contribution in [0.4, 0.5) is 5.69 Å². The van der Waals surface area contributed by atoms with E-state index in [0.29, 0.717) is 23.6 Å². The zero-order chi connectivity index (χ0) is 21.2. The van der Waals surface area contributed by atoms with Crippen molar-refractivity contribution in [1.29, 1.82) is 0 Å². The van der Waals surface area contributed by atoms with Crippen LogP contribution in [-0.2, 0) is 16.6 Å². The second-order valence-corrected chi connectivity index (χ2v) is 8.64. The molecule has 1 N–H and O–H groups in total. The highest BCUT2D eigenvalue weighted by Gasteiger charge is 2.19. The molecule has 29 heavy (non-hydrogen) atoms. The van der Waals surface area contributed by atoms with Gasteiger partial charge in [-0.15, -0.1) is 0 Å². The fourth-order valence-corrected chi connectivity index (χ4v) is 3.93. The van der Waals surface area contributed by atoms with Crippen molar-refractivity contribution >= 4 is 21.6 Å². The molecule has 1 aromatic heterocycles. The molecule has 0 bridgehead atoms. The lowest BCUT2D eigenvalue weighted by Crippen LogP contribution is -2.26. The lowest BCUT2D eigenvalue weighted by molar-refractivity contribution is 0.0784. The highest BCUT2D eigenvalue weighted by atomic mass is 32.2. The number of carbonyl (C=O) groups is 1. The van der Waals surface area contributed by atoms with Gasteiger partial charge in [-0.05, 0) is 57.2 Å². The maximum atomic E-state index is 12.7. The number of amides is 1. The summed E-state index contributed by atoms with van der Waals surface area (Å²) in [5.74, 6) is 0.450. The Hall–Kier alpha value is -3.13. The van der Waals surface area contributed by atoms with Gasteiger partial charge in [0.05, 0.1) is 17.1 Å². The minimum atomic E-state index is -3.74. The average molecular weight is 413 g/mol.